The van der Waals surface area contributed by atoms with E-state index < -0.39 is 10.0 Å². The third-order valence-corrected chi connectivity index (χ3v) is 4.74. The number of aromatic nitrogens is 1. The summed E-state index contributed by atoms with van der Waals surface area (Å²) in [6, 6.07) is 16.5. The van der Waals surface area contributed by atoms with Crippen LogP contribution in [0.25, 0.3) is 10.9 Å². The standard InChI is InChI=1S/C17H16N2O2S/c1-13-6-2-3-7-14(13)12-22(20,21)19-17-10-4-9-16-15(17)8-5-11-18-16/h2-11,19H,12H2,1H3. The molecule has 0 spiro atoms. The van der Waals surface area contributed by atoms with E-state index in [1.807, 2.05) is 43.3 Å². The van der Waals surface area contributed by atoms with E-state index >= 15 is 0 Å². The summed E-state index contributed by atoms with van der Waals surface area (Å²) in [5.41, 5.74) is 3.08. The lowest BCUT2D eigenvalue weighted by Gasteiger charge is -2.11. The van der Waals surface area contributed by atoms with E-state index in [2.05, 4.69) is 9.71 Å². The molecule has 0 saturated carbocycles. The van der Waals surface area contributed by atoms with E-state index in [1.165, 1.54) is 0 Å². The zero-order chi connectivity index (χ0) is 15.6. The first-order chi connectivity index (χ1) is 10.6. The van der Waals surface area contributed by atoms with Crippen LogP contribution in [-0.2, 0) is 15.8 Å². The number of pyridine rings is 1. The number of hydrogen-bond acceptors (Lipinski definition) is 3. The normalized spacial score (nSPS) is 11.5. The number of fused-ring (bicyclic) bond motifs is 1. The predicted octanol–water partition coefficient (Wildman–Crippen LogP) is 3.49. The van der Waals surface area contributed by atoms with Crippen molar-refractivity contribution < 1.29 is 8.42 Å². The highest BCUT2D eigenvalue weighted by Gasteiger charge is 2.14. The first kappa shape index (κ1) is 14.5. The Morgan fingerprint density at radius 3 is 2.64 bits per heavy atom. The van der Waals surface area contributed by atoms with E-state index in [4.69, 9.17) is 0 Å². The molecule has 0 bridgehead atoms. The lowest BCUT2D eigenvalue weighted by atomic mass is 10.1. The number of hydrogen-bond donors (Lipinski definition) is 1. The number of aryl methyl sites for hydroxylation is 1. The van der Waals surface area contributed by atoms with Crippen molar-refractivity contribution in [3.63, 3.8) is 0 Å². The minimum Gasteiger partial charge on any atom is -0.283 e. The Labute approximate surface area is 129 Å². The maximum Gasteiger partial charge on any atom is 0.236 e. The monoisotopic (exact) mass is 312 g/mol. The highest BCUT2D eigenvalue weighted by Crippen LogP contribution is 2.23. The summed E-state index contributed by atoms with van der Waals surface area (Å²) in [5.74, 6) is -0.0453. The summed E-state index contributed by atoms with van der Waals surface area (Å²) in [6.45, 7) is 1.91. The molecule has 0 radical (unpaired) electrons. The van der Waals surface area contributed by atoms with Crippen molar-refractivity contribution in [2.45, 2.75) is 12.7 Å². The average Bonchev–Trinajstić information content (AvgIpc) is 2.49. The van der Waals surface area contributed by atoms with Crippen LogP contribution < -0.4 is 4.72 Å². The van der Waals surface area contributed by atoms with Gasteiger partial charge in [0.1, 0.15) is 0 Å². The van der Waals surface area contributed by atoms with Gasteiger partial charge in [-0.15, -0.1) is 0 Å². The zero-order valence-corrected chi connectivity index (χ0v) is 13.0. The van der Waals surface area contributed by atoms with Crippen LogP contribution in [0, 0.1) is 6.92 Å². The minimum atomic E-state index is -3.48. The summed E-state index contributed by atoms with van der Waals surface area (Å²) in [7, 11) is -3.48. The molecule has 2 aromatic carbocycles. The van der Waals surface area contributed by atoms with Gasteiger partial charge in [-0.1, -0.05) is 30.3 Å². The highest BCUT2D eigenvalue weighted by molar-refractivity contribution is 7.91. The van der Waals surface area contributed by atoms with Gasteiger partial charge in [0.25, 0.3) is 0 Å². The maximum atomic E-state index is 12.4. The van der Waals surface area contributed by atoms with Crippen LogP contribution in [0.1, 0.15) is 11.1 Å². The molecule has 0 aliphatic carbocycles. The van der Waals surface area contributed by atoms with Crippen LogP contribution in [0.15, 0.2) is 60.8 Å². The molecule has 0 aliphatic heterocycles. The molecular formula is C17H16N2O2S. The van der Waals surface area contributed by atoms with Gasteiger partial charge in [-0.3, -0.25) is 9.71 Å². The van der Waals surface area contributed by atoms with Gasteiger partial charge in [-0.2, -0.15) is 0 Å². The van der Waals surface area contributed by atoms with Gasteiger partial charge in [-0.25, -0.2) is 8.42 Å². The topological polar surface area (TPSA) is 59.1 Å². The number of nitrogens with one attached hydrogen (secondary N) is 1. The fourth-order valence-electron chi connectivity index (χ4n) is 2.37. The summed E-state index contributed by atoms with van der Waals surface area (Å²) in [6.07, 6.45) is 1.69. The van der Waals surface area contributed by atoms with Gasteiger partial charge in [0.2, 0.25) is 10.0 Å². The summed E-state index contributed by atoms with van der Waals surface area (Å²) >= 11 is 0. The average molecular weight is 312 g/mol. The molecule has 1 heterocycles. The van der Waals surface area contributed by atoms with Gasteiger partial charge < -0.3 is 0 Å². The molecule has 1 aromatic heterocycles. The third-order valence-electron chi connectivity index (χ3n) is 3.52. The fourth-order valence-corrected chi connectivity index (χ4v) is 3.69. The first-order valence-corrected chi connectivity index (χ1v) is 8.59. The largest absolute Gasteiger partial charge is 0.283 e. The Morgan fingerprint density at radius 1 is 1.00 bits per heavy atom. The molecule has 3 aromatic rings. The second-order valence-electron chi connectivity index (χ2n) is 5.16. The molecule has 0 amide bonds. The van der Waals surface area contributed by atoms with Crippen LogP contribution in [0.5, 0.6) is 0 Å². The lowest BCUT2D eigenvalue weighted by Crippen LogP contribution is -2.15. The minimum absolute atomic E-state index is 0.0453. The molecule has 0 aliphatic rings. The molecule has 1 N–H and O–H groups in total. The van der Waals surface area contributed by atoms with Crippen LogP contribution in [0.2, 0.25) is 0 Å². The molecule has 0 unspecified atom stereocenters. The maximum absolute atomic E-state index is 12.4. The molecule has 3 rings (SSSR count). The van der Waals surface area contributed by atoms with E-state index in [0.717, 1.165) is 22.0 Å². The van der Waals surface area contributed by atoms with Crippen LogP contribution >= 0.6 is 0 Å². The highest BCUT2D eigenvalue weighted by atomic mass is 32.2. The second-order valence-corrected chi connectivity index (χ2v) is 6.89. The number of rotatable bonds is 4. The number of sulfonamides is 1. The molecule has 5 heteroatoms. The predicted molar refractivity (Wildman–Crippen MR) is 89.2 cm³/mol. The molecule has 0 atom stereocenters. The van der Waals surface area contributed by atoms with Crippen LogP contribution in [0.3, 0.4) is 0 Å². The SMILES string of the molecule is Cc1ccccc1CS(=O)(=O)Nc1cccc2ncccc12. The Hall–Kier alpha value is -2.40. The Balaban J connectivity index is 1.92. The van der Waals surface area contributed by atoms with Gasteiger partial charge in [0.15, 0.2) is 0 Å². The summed E-state index contributed by atoms with van der Waals surface area (Å²) in [5, 5.41) is 0.790. The Morgan fingerprint density at radius 2 is 1.82 bits per heavy atom. The van der Waals surface area contributed by atoms with Crippen molar-refractivity contribution in [2.24, 2.45) is 0 Å². The van der Waals surface area contributed by atoms with Crippen LogP contribution in [-0.4, -0.2) is 13.4 Å². The van der Waals surface area contributed by atoms with Gasteiger partial charge >= 0.3 is 0 Å². The Bertz CT molecular complexity index is 915. The number of nitrogens with zero attached hydrogens (tertiary/aromatic N) is 1. The zero-order valence-electron chi connectivity index (χ0n) is 12.2. The third kappa shape index (κ3) is 3.09. The molecule has 4 nitrogen and oxygen atoms in total. The summed E-state index contributed by atoms with van der Waals surface area (Å²) < 4.78 is 27.5. The van der Waals surface area contributed by atoms with Gasteiger partial charge in [0, 0.05) is 11.6 Å². The van der Waals surface area contributed by atoms with Crippen molar-refractivity contribution in [1.29, 1.82) is 0 Å². The molecular weight excluding hydrogens is 296 g/mol. The van der Waals surface area contributed by atoms with Gasteiger partial charge in [-0.05, 0) is 42.3 Å². The van der Waals surface area contributed by atoms with Crippen LogP contribution in [0.4, 0.5) is 5.69 Å². The van der Waals surface area contributed by atoms with Crippen molar-refractivity contribution in [1.82, 2.24) is 4.98 Å². The second kappa shape index (κ2) is 5.77. The van der Waals surface area contributed by atoms with Gasteiger partial charge in [0.05, 0.1) is 17.0 Å². The molecule has 22 heavy (non-hydrogen) atoms. The fraction of sp³-hybridized carbons (Fsp3) is 0.118. The number of anilines is 1. The summed E-state index contributed by atoms with van der Waals surface area (Å²) in [4.78, 5) is 4.24. The van der Waals surface area contributed by atoms with Crippen molar-refractivity contribution >= 4 is 26.6 Å². The molecule has 112 valence electrons. The quantitative estimate of drug-likeness (QED) is 0.802. The lowest BCUT2D eigenvalue weighted by molar-refractivity contribution is 0.600. The van der Waals surface area contributed by atoms with E-state index in [1.54, 1.807) is 24.4 Å². The van der Waals surface area contributed by atoms with E-state index in [9.17, 15) is 8.42 Å². The van der Waals surface area contributed by atoms with E-state index in [0.29, 0.717) is 5.69 Å². The molecule has 0 saturated heterocycles. The van der Waals surface area contributed by atoms with Crippen molar-refractivity contribution in [3.05, 3.63) is 71.9 Å². The van der Waals surface area contributed by atoms with Crippen molar-refractivity contribution in [2.75, 3.05) is 4.72 Å². The van der Waals surface area contributed by atoms with Crippen molar-refractivity contribution in [3.8, 4) is 0 Å². The smallest absolute Gasteiger partial charge is 0.236 e. The van der Waals surface area contributed by atoms with E-state index in [-0.39, 0.29) is 5.75 Å². The number of benzene rings is 2. The first-order valence-electron chi connectivity index (χ1n) is 6.94. The Kier molecular flexibility index (Phi) is 3.81. The molecule has 0 fully saturated rings.